The molecule has 20 heavy (non-hydrogen) atoms. The fraction of sp³-hybridized carbons (Fsp3) is 0.0714. The first-order valence-electron chi connectivity index (χ1n) is 5.78. The number of carboxylic acids is 1. The number of halogens is 1. The minimum absolute atomic E-state index is 0.0548. The number of hydrogen-bond acceptors (Lipinski definition) is 3. The third kappa shape index (κ3) is 3.38. The second kappa shape index (κ2) is 5.92. The van der Waals surface area contributed by atoms with Gasteiger partial charge in [0.2, 0.25) is 5.91 Å². The normalized spacial score (nSPS) is 10.1. The zero-order chi connectivity index (χ0) is 14.5. The molecule has 102 valence electrons. The lowest BCUT2D eigenvalue weighted by atomic mass is 10.1. The number of amides is 1. The van der Waals surface area contributed by atoms with Crippen molar-refractivity contribution in [3.05, 3.63) is 59.7 Å². The third-order valence-corrected chi connectivity index (χ3v) is 2.60. The fourth-order valence-electron chi connectivity index (χ4n) is 1.63. The molecular formula is C14H11FN2O3. The molecule has 5 nitrogen and oxygen atoms in total. The van der Waals surface area contributed by atoms with Crippen LogP contribution in [0.3, 0.4) is 0 Å². The number of benzene rings is 1. The molecule has 2 rings (SSSR count). The average Bonchev–Trinajstić information content (AvgIpc) is 2.42. The van der Waals surface area contributed by atoms with Gasteiger partial charge in [0.15, 0.2) is 0 Å². The number of carbonyl (C=O) groups excluding carboxylic acids is 1. The molecule has 0 aliphatic heterocycles. The molecular weight excluding hydrogens is 263 g/mol. The van der Waals surface area contributed by atoms with Gasteiger partial charge in [-0.15, -0.1) is 0 Å². The van der Waals surface area contributed by atoms with Crippen LogP contribution in [0, 0.1) is 5.82 Å². The van der Waals surface area contributed by atoms with Crippen molar-refractivity contribution < 1.29 is 19.1 Å². The number of pyridine rings is 1. The highest BCUT2D eigenvalue weighted by molar-refractivity contribution is 5.94. The van der Waals surface area contributed by atoms with E-state index in [1.807, 2.05) is 0 Å². The van der Waals surface area contributed by atoms with Crippen LogP contribution in [0.5, 0.6) is 0 Å². The standard InChI is InChI=1S/C14H11FN2O3/c15-11-2-1-10(14(19)20)8-12(11)17-13(18)7-9-3-5-16-6-4-9/h1-6,8H,7H2,(H,17,18)(H,19,20). The van der Waals surface area contributed by atoms with E-state index in [4.69, 9.17) is 5.11 Å². The van der Waals surface area contributed by atoms with Crippen LogP contribution in [0.25, 0.3) is 0 Å². The average molecular weight is 274 g/mol. The van der Waals surface area contributed by atoms with E-state index in [1.165, 1.54) is 0 Å². The molecule has 0 spiro atoms. The summed E-state index contributed by atoms with van der Waals surface area (Å²) in [4.78, 5) is 26.4. The van der Waals surface area contributed by atoms with Crippen molar-refractivity contribution in [1.29, 1.82) is 0 Å². The molecule has 0 fully saturated rings. The van der Waals surface area contributed by atoms with Crippen LogP contribution >= 0.6 is 0 Å². The number of anilines is 1. The Balaban J connectivity index is 2.11. The molecule has 2 aromatic rings. The number of rotatable bonds is 4. The molecule has 0 aliphatic rings. The lowest BCUT2D eigenvalue weighted by molar-refractivity contribution is -0.115. The van der Waals surface area contributed by atoms with Gasteiger partial charge >= 0.3 is 5.97 Å². The summed E-state index contributed by atoms with van der Waals surface area (Å²) in [5, 5.41) is 11.2. The Morgan fingerprint density at radius 1 is 1.20 bits per heavy atom. The van der Waals surface area contributed by atoms with E-state index in [9.17, 15) is 14.0 Å². The number of nitrogens with zero attached hydrogens (tertiary/aromatic N) is 1. The Hall–Kier alpha value is -2.76. The minimum atomic E-state index is -1.19. The largest absolute Gasteiger partial charge is 0.478 e. The van der Waals surface area contributed by atoms with Gasteiger partial charge in [-0.3, -0.25) is 9.78 Å². The molecule has 2 N–H and O–H groups in total. The summed E-state index contributed by atoms with van der Waals surface area (Å²) in [6.45, 7) is 0. The summed E-state index contributed by atoms with van der Waals surface area (Å²) >= 11 is 0. The van der Waals surface area contributed by atoms with Crippen LogP contribution in [0.4, 0.5) is 10.1 Å². The molecule has 0 aliphatic carbocycles. The van der Waals surface area contributed by atoms with Crippen molar-refractivity contribution in [2.24, 2.45) is 0 Å². The van der Waals surface area contributed by atoms with Gasteiger partial charge in [-0.1, -0.05) is 0 Å². The van der Waals surface area contributed by atoms with E-state index in [0.717, 1.165) is 23.8 Å². The van der Waals surface area contributed by atoms with Crippen LogP contribution in [0.2, 0.25) is 0 Å². The number of carboxylic acid groups (broad SMARTS) is 1. The van der Waals surface area contributed by atoms with Crippen molar-refractivity contribution in [1.82, 2.24) is 4.98 Å². The van der Waals surface area contributed by atoms with Gasteiger partial charge in [-0.25, -0.2) is 9.18 Å². The Morgan fingerprint density at radius 2 is 1.90 bits per heavy atom. The molecule has 6 heteroatoms. The van der Waals surface area contributed by atoms with Crippen molar-refractivity contribution in [3.8, 4) is 0 Å². The first kappa shape index (κ1) is 13.7. The van der Waals surface area contributed by atoms with Gasteiger partial charge in [-0.2, -0.15) is 0 Å². The minimum Gasteiger partial charge on any atom is -0.478 e. The Labute approximate surface area is 114 Å². The lowest BCUT2D eigenvalue weighted by Crippen LogP contribution is -2.16. The summed E-state index contributed by atoms with van der Waals surface area (Å²) < 4.78 is 13.5. The van der Waals surface area contributed by atoms with E-state index in [1.54, 1.807) is 24.5 Å². The van der Waals surface area contributed by atoms with Crippen LogP contribution in [0.15, 0.2) is 42.7 Å². The van der Waals surface area contributed by atoms with Gasteiger partial charge in [0.05, 0.1) is 17.7 Å². The number of hydrogen-bond donors (Lipinski definition) is 2. The summed E-state index contributed by atoms with van der Waals surface area (Å²) in [7, 11) is 0. The summed E-state index contributed by atoms with van der Waals surface area (Å²) in [5.74, 6) is -2.30. The van der Waals surface area contributed by atoms with Crippen LogP contribution in [-0.4, -0.2) is 22.0 Å². The molecule has 0 unspecified atom stereocenters. The summed E-state index contributed by atoms with van der Waals surface area (Å²) in [6.07, 6.45) is 3.15. The number of nitrogens with one attached hydrogen (secondary N) is 1. The molecule has 1 amide bonds. The van der Waals surface area contributed by atoms with Gasteiger partial charge in [0.1, 0.15) is 5.82 Å². The molecule has 0 saturated heterocycles. The van der Waals surface area contributed by atoms with Crippen molar-refractivity contribution in [2.45, 2.75) is 6.42 Å². The molecule has 1 aromatic carbocycles. The highest BCUT2D eigenvalue weighted by Gasteiger charge is 2.11. The summed E-state index contributed by atoms with van der Waals surface area (Å²) in [6, 6.07) is 6.57. The van der Waals surface area contributed by atoms with Gasteiger partial charge in [0.25, 0.3) is 0 Å². The SMILES string of the molecule is O=C(Cc1ccncc1)Nc1cc(C(=O)O)ccc1F. The molecule has 0 bridgehead atoms. The smallest absolute Gasteiger partial charge is 0.335 e. The lowest BCUT2D eigenvalue weighted by Gasteiger charge is -2.07. The first-order chi connectivity index (χ1) is 9.56. The first-order valence-corrected chi connectivity index (χ1v) is 5.78. The Kier molecular flexibility index (Phi) is 4.05. The van der Waals surface area contributed by atoms with Crippen LogP contribution in [0.1, 0.15) is 15.9 Å². The van der Waals surface area contributed by atoms with E-state index in [-0.39, 0.29) is 17.7 Å². The zero-order valence-corrected chi connectivity index (χ0v) is 10.3. The van der Waals surface area contributed by atoms with E-state index >= 15 is 0 Å². The Morgan fingerprint density at radius 3 is 2.55 bits per heavy atom. The quantitative estimate of drug-likeness (QED) is 0.894. The van der Waals surface area contributed by atoms with Crippen molar-refractivity contribution in [2.75, 3.05) is 5.32 Å². The maximum absolute atomic E-state index is 13.5. The third-order valence-electron chi connectivity index (χ3n) is 2.60. The predicted octanol–water partition coefficient (Wildman–Crippen LogP) is 2.10. The number of carbonyl (C=O) groups is 2. The van der Waals surface area contributed by atoms with Gasteiger partial charge < -0.3 is 10.4 Å². The van der Waals surface area contributed by atoms with Gasteiger partial charge in [-0.05, 0) is 35.9 Å². The monoisotopic (exact) mass is 274 g/mol. The highest BCUT2D eigenvalue weighted by Crippen LogP contribution is 2.16. The predicted molar refractivity (Wildman–Crippen MR) is 69.9 cm³/mol. The van der Waals surface area contributed by atoms with Gasteiger partial charge in [0, 0.05) is 12.4 Å². The van der Waals surface area contributed by atoms with Crippen LogP contribution < -0.4 is 5.32 Å². The molecule has 1 aromatic heterocycles. The van der Waals surface area contributed by atoms with Crippen LogP contribution in [-0.2, 0) is 11.2 Å². The van der Waals surface area contributed by atoms with Crippen molar-refractivity contribution >= 4 is 17.6 Å². The molecule has 1 heterocycles. The van der Waals surface area contributed by atoms with E-state index < -0.39 is 17.7 Å². The second-order valence-electron chi connectivity index (χ2n) is 4.08. The molecule has 0 atom stereocenters. The Bertz CT molecular complexity index is 644. The second-order valence-corrected chi connectivity index (χ2v) is 4.08. The van der Waals surface area contributed by atoms with E-state index in [2.05, 4.69) is 10.3 Å². The summed E-state index contributed by atoms with van der Waals surface area (Å²) in [5.41, 5.74) is 0.488. The number of aromatic nitrogens is 1. The maximum atomic E-state index is 13.5. The topological polar surface area (TPSA) is 79.3 Å². The van der Waals surface area contributed by atoms with Crippen molar-refractivity contribution in [3.63, 3.8) is 0 Å². The fourth-order valence-corrected chi connectivity index (χ4v) is 1.63. The molecule has 0 radical (unpaired) electrons. The van der Waals surface area contributed by atoms with E-state index in [0.29, 0.717) is 0 Å². The maximum Gasteiger partial charge on any atom is 0.335 e. The number of aromatic carboxylic acids is 1. The highest BCUT2D eigenvalue weighted by atomic mass is 19.1. The zero-order valence-electron chi connectivity index (χ0n) is 10.3. The molecule has 0 saturated carbocycles.